The molecule has 1 rings (SSSR count). The summed E-state index contributed by atoms with van der Waals surface area (Å²) in [6.45, 7) is 10.7. The van der Waals surface area contributed by atoms with Gasteiger partial charge >= 0.3 is 0 Å². The Bertz CT molecular complexity index is 593. The maximum atomic E-state index is 11.4. The van der Waals surface area contributed by atoms with Crippen LogP contribution >= 0.6 is 21.9 Å². The molecule has 0 bridgehead atoms. The average molecular weight is 370 g/mol. The molecule has 0 aliphatic heterocycles. The summed E-state index contributed by atoms with van der Waals surface area (Å²) in [5.41, 5.74) is 0.739. The van der Waals surface area contributed by atoms with Crippen LogP contribution in [0, 0.1) is 0 Å². The number of halogens is 1. The van der Waals surface area contributed by atoms with Gasteiger partial charge in [-0.2, -0.15) is 0 Å². The van der Waals surface area contributed by atoms with E-state index in [1.807, 2.05) is 13.8 Å². The minimum absolute atomic E-state index is 0.0438. The molecule has 0 saturated carbocycles. The fraction of sp³-hybridized carbons (Fsp3) is 0.600. The Morgan fingerprint density at radius 1 is 1.18 bits per heavy atom. The second kappa shape index (κ2) is 8.02. The maximum Gasteiger partial charge on any atom is 0.239 e. The molecule has 0 spiro atoms. The summed E-state index contributed by atoms with van der Waals surface area (Å²) >= 11 is 5.85. The predicted octanol–water partition coefficient (Wildman–Crippen LogP) is 4.31. The van der Waals surface area contributed by atoms with Crippen molar-refractivity contribution in [2.75, 3.05) is 12.5 Å². The highest BCUT2D eigenvalue weighted by Gasteiger charge is 2.28. The Hall–Kier alpha value is -0.270. The predicted molar refractivity (Wildman–Crippen MR) is 98.2 cm³/mol. The van der Waals surface area contributed by atoms with E-state index in [1.54, 1.807) is 6.07 Å². The summed E-state index contributed by atoms with van der Waals surface area (Å²) in [7, 11) is -5.09. The molecule has 0 atom stereocenters. The van der Waals surface area contributed by atoms with E-state index in [9.17, 15) is 8.42 Å². The van der Waals surface area contributed by atoms with Crippen LogP contribution in [0.3, 0.4) is 0 Å². The number of rotatable bonds is 4. The molecule has 4 nitrogen and oxygen atoms in total. The number of benzene rings is 1. The molecule has 0 radical (unpaired) electrons. The Morgan fingerprint density at radius 3 is 2.09 bits per heavy atom. The van der Waals surface area contributed by atoms with Gasteiger partial charge in [0.1, 0.15) is 4.90 Å². The second-order valence-corrected chi connectivity index (χ2v) is 11.8. The van der Waals surface area contributed by atoms with Gasteiger partial charge in [-0.25, -0.2) is 13.6 Å². The van der Waals surface area contributed by atoms with E-state index >= 15 is 0 Å². The van der Waals surface area contributed by atoms with Gasteiger partial charge in [0, 0.05) is 4.75 Å². The molecule has 0 fully saturated rings. The molecule has 0 unspecified atom stereocenters. The molecule has 0 saturated heterocycles. The largest absolute Gasteiger partial charge is 0.332 e. The zero-order valence-electron chi connectivity index (χ0n) is 14.4. The molecule has 2 N–H and O–H groups in total. The van der Waals surface area contributed by atoms with Crippen LogP contribution in [0.4, 0.5) is 0 Å². The highest BCUT2D eigenvalue weighted by atomic mass is 35.5. The number of sulfonamides is 1. The van der Waals surface area contributed by atoms with Crippen LogP contribution < -0.4 is 5.14 Å². The molecule has 0 aliphatic carbocycles. The molecule has 7 heteroatoms. The molecule has 0 aromatic heterocycles. The first-order chi connectivity index (χ1) is 9.84. The molecule has 1 aromatic carbocycles. The molecular formula is C15H28ClNO3S2. The van der Waals surface area contributed by atoms with Gasteiger partial charge < -0.3 is 4.18 Å². The van der Waals surface area contributed by atoms with Crippen molar-refractivity contribution in [2.24, 2.45) is 5.14 Å². The number of nitrogens with two attached hydrogens (primary N) is 1. The highest BCUT2D eigenvalue weighted by Crippen LogP contribution is 2.54. The van der Waals surface area contributed by atoms with Gasteiger partial charge in [-0.3, -0.25) is 0 Å². The van der Waals surface area contributed by atoms with Gasteiger partial charge in [-0.15, -0.1) is 10.3 Å². The van der Waals surface area contributed by atoms with E-state index in [0.29, 0.717) is 6.61 Å². The Labute approximate surface area is 142 Å². The number of hydrogen-bond donors (Lipinski definition) is 1. The fourth-order valence-electron chi connectivity index (χ4n) is 1.25. The lowest BCUT2D eigenvalue weighted by atomic mass is 10.2. The van der Waals surface area contributed by atoms with Crippen LogP contribution in [-0.2, 0) is 20.8 Å². The van der Waals surface area contributed by atoms with Gasteiger partial charge in [0.15, 0.2) is 0 Å². The zero-order chi connectivity index (χ0) is 17.8. The minimum Gasteiger partial charge on any atom is -0.332 e. The third-order valence-electron chi connectivity index (χ3n) is 3.30. The van der Waals surface area contributed by atoms with Gasteiger partial charge in [0.25, 0.3) is 0 Å². The molecular weight excluding hydrogens is 342 g/mol. The normalized spacial score (nSPS) is 13.3. The van der Waals surface area contributed by atoms with Crippen LogP contribution in [0.15, 0.2) is 23.1 Å². The monoisotopic (exact) mass is 369 g/mol. The molecule has 0 aliphatic rings. The summed E-state index contributed by atoms with van der Waals surface area (Å²) in [4.78, 5) is -0.0659. The summed E-state index contributed by atoms with van der Waals surface area (Å²) < 4.78 is 28.9. The first kappa shape index (κ1) is 21.7. The summed E-state index contributed by atoms with van der Waals surface area (Å²) in [5, 5.41) is 5.25. The maximum absolute atomic E-state index is 11.4. The van der Waals surface area contributed by atoms with Crippen molar-refractivity contribution < 1.29 is 12.6 Å². The van der Waals surface area contributed by atoms with E-state index in [1.165, 1.54) is 12.1 Å². The van der Waals surface area contributed by atoms with Crippen LogP contribution in [0.5, 0.6) is 0 Å². The lowest BCUT2D eigenvalue weighted by Gasteiger charge is -2.43. The topological polar surface area (TPSA) is 69.4 Å². The Kier molecular flexibility index (Phi) is 7.92. The summed E-state index contributed by atoms with van der Waals surface area (Å²) in [6, 6.07) is 4.74. The van der Waals surface area contributed by atoms with Crippen molar-refractivity contribution in [3.8, 4) is 0 Å². The van der Waals surface area contributed by atoms with Crippen molar-refractivity contribution in [1.29, 1.82) is 0 Å². The smallest absolute Gasteiger partial charge is 0.239 e. The van der Waals surface area contributed by atoms with Crippen LogP contribution in [0.25, 0.3) is 0 Å². The van der Waals surface area contributed by atoms with Gasteiger partial charge in [-0.1, -0.05) is 52.3 Å². The van der Waals surface area contributed by atoms with Crippen molar-refractivity contribution in [3.63, 3.8) is 0 Å². The van der Waals surface area contributed by atoms with E-state index in [0.717, 1.165) is 5.56 Å². The highest BCUT2D eigenvalue weighted by molar-refractivity contribution is 8.29. The van der Waals surface area contributed by atoms with E-state index < -0.39 is 20.3 Å². The van der Waals surface area contributed by atoms with Crippen LogP contribution in [0.1, 0.15) is 40.2 Å². The van der Waals surface area contributed by atoms with Crippen molar-refractivity contribution in [3.05, 3.63) is 28.8 Å². The lowest BCUT2D eigenvalue weighted by Crippen LogP contribution is -2.25. The van der Waals surface area contributed by atoms with Crippen molar-refractivity contribution in [2.45, 2.75) is 50.9 Å². The second-order valence-electron chi connectivity index (χ2n) is 5.92. The molecule has 0 heterocycles. The van der Waals surface area contributed by atoms with Gasteiger partial charge in [0.2, 0.25) is 10.0 Å². The van der Waals surface area contributed by atoms with E-state index in [2.05, 4.69) is 33.3 Å². The number of hydrogen-bond acceptors (Lipinski definition) is 3. The standard InChI is InChI=1S/C13H22ClNO3S2.C2H6/c1-13(2,3)19(4,5)18-9-10-6-7-11(14)12(8-10)20(15,16)17;1-2/h6-8H,9H2,1-5H3,(H2,15,16,17);1-2H3. The molecule has 0 amide bonds. The van der Waals surface area contributed by atoms with Crippen LogP contribution in [0.2, 0.25) is 5.02 Å². The molecule has 22 heavy (non-hydrogen) atoms. The van der Waals surface area contributed by atoms with Gasteiger partial charge in [-0.05, 0) is 30.2 Å². The minimum atomic E-state index is -3.82. The third kappa shape index (κ3) is 6.08. The van der Waals surface area contributed by atoms with Crippen molar-refractivity contribution in [1.82, 2.24) is 0 Å². The lowest BCUT2D eigenvalue weighted by molar-refractivity contribution is 0.338. The first-order valence-electron chi connectivity index (χ1n) is 7.03. The van der Waals surface area contributed by atoms with Crippen LogP contribution in [-0.4, -0.2) is 25.7 Å². The average Bonchev–Trinajstić information content (AvgIpc) is 2.37. The molecule has 130 valence electrons. The summed E-state index contributed by atoms with van der Waals surface area (Å²) in [5.74, 6) is 0. The van der Waals surface area contributed by atoms with E-state index in [4.69, 9.17) is 20.9 Å². The Morgan fingerprint density at radius 2 is 1.68 bits per heavy atom. The third-order valence-corrected chi connectivity index (χ3v) is 8.35. The van der Waals surface area contributed by atoms with Crippen molar-refractivity contribution >= 4 is 31.9 Å². The first-order valence-corrected chi connectivity index (χ1v) is 11.3. The van der Waals surface area contributed by atoms with Gasteiger partial charge in [0.05, 0.1) is 11.6 Å². The SMILES string of the molecule is CC.CC(C)(C)S(C)(C)OCc1ccc(Cl)c(S(N)(=O)=O)c1. The van der Waals surface area contributed by atoms with E-state index in [-0.39, 0.29) is 14.7 Å². The number of primary sulfonamides is 1. The fourth-order valence-corrected chi connectivity index (χ4v) is 3.13. The Balaban J connectivity index is 0.00000211. The quantitative estimate of drug-likeness (QED) is 0.859. The molecule has 1 aromatic rings. The summed E-state index contributed by atoms with van der Waals surface area (Å²) in [6.07, 6.45) is 4.17. The zero-order valence-corrected chi connectivity index (χ0v) is 16.8.